The van der Waals surface area contributed by atoms with Crippen molar-refractivity contribution < 1.29 is 9.59 Å². The molecule has 1 saturated heterocycles. The molecule has 1 amide bonds. The fourth-order valence-electron chi connectivity index (χ4n) is 1.67. The van der Waals surface area contributed by atoms with E-state index in [0.29, 0.717) is 32.4 Å². The SMILES string of the molecule is O=C1CCC(=O)N(Cc2cccs2)CC1. The van der Waals surface area contributed by atoms with Gasteiger partial charge >= 0.3 is 0 Å². The first-order valence-electron chi connectivity index (χ1n) is 5.07. The third-order valence-corrected chi connectivity index (χ3v) is 3.42. The Labute approximate surface area is 92.7 Å². The van der Waals surface area contributed by atoms with Crippen LogP contribution in [0.2, 0.25) is 0 Å². The fourth-order valence-corrected chi connectivity index (χ4v) is 2.39. The molecular formula is C11H13NO2S. The van der Waals surface area contributed by atoms with Gasteiger partial charge in [0.15, 0.2) is 0 Å². The van der Waals surface area contributed by atoms with Crippen molar-refractivity contribution in [2.75, 3.05) is 6.54 Å². The Kier molecular flexibility index (Phi) is 3.16. The Hall–Kier alpha value is -1.16. The van der Waals surface area contributed by atoms with Gasteiger partial charge in [-0.2, -0.15) is 0 Å². The van der Waals surface area contributed by atoms with Gasteiger partial charge in [0.05, 0.1) is 6.54 Å². The highest BCUT2D eigenvalue weighted by molar-refractivity contribution is 7.09. The molecule has 1 aromatic heterocycles. The molecule has 0 N–H and O–H groups in total. The third-order valence-electron chi connectivity index (χ3n) is 2.56. The van der Waals surface area contributed by atoms with E-state index in [-0.39, 0.29) is 11.7 Å². The Balaban J connectivity index is 2.01. The van der Waals surface area contributed by atoms with Gasteiger partial charge in [0, 0.05) is 30.7 Å². The molecule has 1 aliphatic rings. The van der Waals surface area contributed by atoms with Crippen molar-refractivity contribution in [3.8, 4) is 0 Å². The van der Waals surface area contributed by atoms with E-state index in [1.807, 2.05) is 17.5 Å². The zero-order valence-electron chi connectivity index (χ0n) is 8.44. The van der Waals surface area contributed by atoms with Crippen molar-refractivity contribution in [3.05, 3.63) is 22.4 Å². The van der Waals surface area contributed by atoms with Crippen molar-refractivity contribution in [1.29, 1.82) is 0 Å². The number of ketones is 1. The van der Waals surface area contributed by atoms with Gasteiger partial charge in [-0.15, -0.1) is 11.3 Å². The zero-order chi connectivity index (χ0) is 10.7. The first-order valence-corrected chi connectivity index (χ1v) is 5.95. The highest BCUT2D eigenvalue weighted by Crippen LogP contribution is 2.15. The Morgan fingerprint density at radius 3 is 2.87 bits per heavy atom. The molecule has 3 nitrogen and oxygen atoms in total. The first kappa shape index (κ1) is 10.4. The molecule has 1 fully saturated rings. The van der Waals surface area contributed by atoms with E-state index in [4.69, 9.17) is 0 Å². The first-order chi connectivity index (χ1) is 7.25. The summed E-state index contributed by atoms with van der Waals surface area (Å²) in [5.41, 5.74) is 0. The molecule has 0 unspecified atom stereocenters. The minimum atomic E-state index is 0.106. The summed E-state index contributed by atoms with van der Waals surface area (Å²) in [5, 5.41) is 2.00. The normalized spacial score (nSPS) is 18.0. The lowest BCUT2D eigenvalue weighted by atomic mass is 10.2. The van der Waals surface area contributed by atoms with Crippen LogP contribution < -0.4 is 0 Å². The second-order valence-corrected chi connectivity index (χ2v) is 4.72. The summed E-state index contributed by atoms with van der Waals surface area (Å²) in [6, 6.07) is 4.00. The summed E-state index contributed by atoms with van der Waals surface area (Å²) in [4.78, 5) is 25.8. The molecule has 0 saturated carbocycles. The molecule has 1 aliphatic heterocycles. The van der Waals surface area contributed by atoms with E-state index in [1.54, 1.807) is 16.2 Å². The summed E-state index contributed by atoms with van der Waals surface area (Å²) in [6.45, 7) is 1.24. The maximum absolute atomic E-state index is 11.7. The Bertz CT molecular complexity index is 359. The molecule has 1 aromatic rings. The molecule has 2 heterocycles. The number of Topliss-reactive ketones (excluding diaryl/α,β-unsaturated/α-hetero) is 1. The molecule has 0 aliphatic carbocycles. The molecule has 0 aromatic carbocycles. The minimum absolute atomic E-state index is 0.106. The molecule has 4 heteroatoms. The van der Waals surface area contributed by atoms with Crippen LogP contribution in [0.3, 0.4) is 0 Å². The van der Waals surface area contributed by atoms with Gasteiger partial charge in [-0.05, 0) is 11.4 Å². The maximum Gasteiger partial charge on any atom is 0.223 e. The van der Waals surface area contributed by atoms with Gasteiger partial charge in [-0.1, -0.05) is 6.07 Å². The van der Waals surface area contributed by atoms with E-state index in [0.717, 1.165) is 0 Å². The summed E-state index contributed by atoms with van der Waals surface area (Å²) in [6.07, 6.45) is 1.31. The second-order valence-electron chi connectivity index (χ2n) is 3.68. The molecule has 2 rings (SSSR count). The van der Waals surface area contributed by atoms with E-state index in [9.17, 15) is 9.59 Å². The highest BCUT2D eigenvalue weighted by atomic mass is 32.1. The van der Waals surface area contributed by atoms with Crippen LogP contribution in [-0.2, 0) is 16.1 Å². The average molecular weight is 223 g/mol. The average Bonchev–Trinajstić information content (AvgIpc) is 2.67. The van der Waals surface area contributed by atoms with E-state index in [1.165, 1.54) is 4.88 Å². The summed E-state index contributed by atoms with van der Waals surface area (Å²) < 4.78 is 0. The number of thiophene rings is 1. The van der Waals surface area contributed by atoms with Gasteiger partial charge in [0.2, 0.25) is 5.91 Å². The van der Waals surface area contributed by atoms with Gasteiger partial charge in [0.1, 0.15) is 5.78 Å². The number of hydrogen-bond acceptors (Lipinski definition) is 3. The van der Waals surface area contributed by atoms with E-state index < -0.39 is 0 Å². The van der Waals surface area contributed by atoms with Crippen molar-refractivity contribution >= 4 is 23.0 Å². The monoisotopic (exact) mass is 223 g/mol. The number of nitrogens with zero attached hydrogens (tertiary/aromatic N) is 1. The van der Waals surface area contributed by atoms with Crippen LogP contribution in [-0.4, -0.2) is 23.1 Å². The molecule has 15 heavy (non-hydrogen) atoms. The van der Waals surface area contributed by atoms with Crippen LogP contribution in [0.15, 0.2) is 17.5 Å². The predicted octanol–water partition coefficient (Wildman–Crippen LogP) is 1.83. The van der Waals surface area contributed by atoms with Crippen LogP contribution in [0.5, 0.6) is 0 Å². The lowest BCUT2D eigenvalue weighted by Crippen LogP contribution is -2.29. The molecular weight excluding hydrogens is 210 g/mol. The minimum Gasteiger partial charge on any atom is -0.337 e. The fraction of sp³-hybridized carbons (Fsp3) is 0.455. The van der Waals surface area contributed by atoms with Gasteiger partial charge in [-0.3, -0.25) is 9.59 Å². The second kappa shape index (κ2) is 4.57. The van der Waals surface area contributed by atoms with Crippen LogP contribution in [0.1, 0.15) is 24.1 Å². The number of rotatable bonds is 2. The number of amides is 1. The third kappa shape index (κ3) is 2.65. The number of carbonyl (C=O) groups is 2. The van der Waals surface area contributed by atoms with Gasteiger partial charge in [-0.25, -0.2) is 0 Å². The molecule has 0 bridgehead atoms. The molecule has 0 atom stereocenters. The van der Waals surface area contributed by atoms with Crippen molar-refractivity contribution in [1.82, 2.24) is 4.90 Å². The topological polar surface area (TPSA) is 37.4 Å². The van der Waals surface area contributed by atoms with Gasteiger partial charge in [0.25, 0.3) is 0 Å². The number of carbonyl (C=O) groups excluding carboxylic acids is 2. The standard InChI is InChI=1S/C11H13NO2S/c13-9-3-4-11(14)12(6-5-9)8-10-2-1-7-15-10/h1-2,7H,3-6,8H2. The predicted molar refractivity (Wildman–Crippen MR) is 58.6 cm³/mol. The van der Waals surface area contributed by atoms with Crippen molar-refractivity contribution in [2.45, 2.75) is 25.8 Å². The maximum atomic E-state index is 11.7. The smallest absolute Gasteiger partial charge is 0.223 e. The largest absolute Gasteiger partial charge is 0.337 e. The lowest BCUT2D eigenvalue weighted by molar-refractivity contribution is -0.131. The van der Waals surface area contributed by atoms with Crippen molar-refractivity contribution in [3.63, 3.8) is 0 Å². The zero-order valence-corrected chi connectivity index (χ0v) is 9.26. The van der Waals surface area contributed by atoms with E-state index in [2.05, 4.69) is 0 Å². The molecule has 80 valence electrons. The number of hydrogen-bond donors (Lipinski definition) is 0. The Morgan fingerprint density at radius 2 is 2.13 bits per heavy atom. The van der Waals surface area contributed by atoms with Gasteiger partial charge < -0.3 is 4.90 Å². The lowest BCUT2D eigenvalue weighted by Gasteiger charge is -2.18. The molecule has 0 radical (unpaired) electrons. The molecule has 0 spiro atoms. The summed E-state index contributed by atoms with van der Waals surface area (Å²) in [5.74, 6) is 0.311. The number of likely N-dealkylation sites (tertiary alicyclic amines) is 1. The van der Waals surface area contributed by atoms with E-state index >= 15 is 0 Å². The van der Waals surface area contributed by atoms with Crippen LogP contribution >= 0.6 is 11.3 Å². The van der Waals surface area contributed by atoms with Crippen LogP contribution in [0, 0.1) is 0 Å². The highest BCUT2D eigenvalue weighted by Gasteiger charge is 2.20. The van der Waals surface area contributed by atoms with Crippen LogP contribution in [0.4, 0.5) is 0 Å². The van der Waals surface area contributed by atoms with Crippen LogP contribution in [0.25, 0.3) is 0 Å². The quantitative estimate of drug-likeness (QED) is 0.767. The Morgan fingerprint density at radius 1 is 1.27 bits per heavy atom. The summed E-state index contributed by atoms with van der Waals surface area (Å²) in [7, 11) is 0. The van der Waals surface area contributed by atoms with Crippen molar-refractivity contribution in [2.24, 2.45) is 0 Å². The summed E-state index contributed by atoms with van der Waals surface area (Å²) >= 11 is 1.65.